The van der Waals surface area contributed by atoms with Crippen LogP contribution in [0.2, 0.25) is 0 Å². The van der Waals surface area contributed by atoms with Crippen molar-refractivity contribution in [1.29, 1.82) is 0 Å². The van der Waals surface area contributed by atoms with Crippen LogP contribution in [-0.4, -0.2) is 17.0 Å². The summed E-state index contributed by atoms with van der Waals surface area (Å²) in [7, 11) is 1.98. The molecular weight excluding hydrogens is 296 g/mol. The van der Waals surface area contributed by atoms with Crippen LogP contribution in [0.1, 0.15) is 16.8 Å². The number of benzene rings is 2. The number of hydrogen-bond donors (Lipinski definition) is 1. The van der Waals surface area contributed by atoms with Gasteiger partial charge in [0.2, 0.25) is 5.95 Å². The molecule has 0 aliphatic rings. The van der Waals surface area contributed by atoms with Gasteiger partial charge >= 0.3 is 0 Å². The van der Waals surface area contributed by atoms with Crippen molar-refractivity contribution in [2.45, 2.75) is 20.4 Å². The monoisotopic (exact) mass is 318 g/mol. The zero-order chi connectivity index (χ0) is 16.9. The highest BCUT2D eigenvalue weighted by molar-refractivity contribution is 5.57. The fourth-order valence-electron chi connectivity index (χ4n) is 2.58. The fraction of sp³-hybridized carbons (Fsp3) is 0.200. The first-order valence-electron chi connectivity index (χ1n) is 8.06. The molecule has 24 heavy (non-hydrogen) atoms. The first-order chi connectivity index (χ1) is 11.6. The summed E-state index contributed by atoms with van der Waals surface area (Å²) in [4.78, 5) is 11.2. The molecule has 1 aromatic heterocycles. The number of rotatable bonds is 5. The van der Waals surface area contributed by atoms with E-state index in [0.717, 1.165) is 23.7 Å². The maximum atomic E-state index is 4.65. The van der Waals surface area contributed by atoms with Gasteiger partial charge in [-0.1, -0.05) is 48.0 Å². The number of hydrogen-bond acceptors (Lipinski definition) is 4. The standard InChI is InChI=1S/C20H22N4/c1-15-8-7-9-17(12-15)14-21-19-13-16(2)22-20(23-19)24(3)18-10-5-4-6-11-18/h4-13H,14H2,1-3H3,(H,21,22,23). The van der Waals surface area contributed by atoms with Crippen LogP contribution in [-0.2, 0) is 6.54 Å². The van der Waals surface area contributed by atoms with Gasteiger partial charge in [0.25, 0.3) is 0 Å². The Labute approximate surface area is 143 Å². The average molecular weight is 318 g/mol. The minimum Gasteiger partial charge on any atom is -0.366 e. The Bertz CT molecular complexity index is 815. The van der Waals surface area contributed by atoms with Gasteiger partial charge in [0.15, 0.2) is 0 Å². The smallest absolute Gasteiger partial charge is 0.231 e. The minimum absolute atomic E-state index is 0.688. The van der Waals surface area contributed by atoms with Crippen LogP contribution in [0.5, 0.6) is 0 Å². The number of nitrogens with one attached hydrogen (secondary N) is 1. The minimum atomic E-state index is 0.688. The van der Waals surface area contributed by atoms with Gasteiger partial charge in [0.05, 0.1) is 0 Å². The zero-order valence-corrected chi connectivity index (χ0v) is 14.3. The topological polar surface area (TPSA) is 41.1 Å². The van der Waals surface area contributed by atoms with E-state index in [4.69, 9.17) is 0 Å². The lowest BCUT2D eigenvalue weighted by Gasteiger charge is -2.18. The highest BCUT2D eigenvalue weighted by Gasteiger charge is 2.09. The Kier molecular flexibility index (Phi) is 4.75. The van der Waals surface area contributed by atoms with Crippen molar-refractivity contribution < 1.29 is 0 Å². The Morgan fingerprint density at radius 2 is 1.71 bits per heavy atom. The van der Waals surface area contributed by atoms with Crippen molar-refractivity contribution in [2.24, 2.45) is 0 Å². The molecule has 0 saturated carbocycles. The molecule has 0 saturated heterocycles. The molecule has 0 fully saturated rings. The van der Waals surface area contributed by atoms with E-state index in [9.17, 15) is 0 Å². The molecule has 4 heteroatoms. The van der Waals surface area contributed by atoms with Gasteiger partial charge in [-0.25, -0.2) is 4.98 Å². The number of aromatic nitrogens is 2. The highest BCUT2D eigenvalue weighted by Crippen LogP contribution is 2.21. The lowest BCUT2D eigenvalue weighted by Crippen LogP contribution is -2.14. The first-order valence-corrected chi connectivity index (χ1v) is 8.06. The third kappa shape index (κ3) is 3.90. The largest absolute Gasteiger partial charge is 0.366 e. The predicted octanol–water partition coefficient (Wildman–Crippen LogP) is 4.47. The summed E-state index contributed by atoms with van der Waals surface area (Å²) in [6, 6.07) is 20.6. The van der Waals surface area contributed by atoms with Gasteiger partial charge in [-0.3, -0.25) is 0 Å². The van der Waals surface area contributed by atoms with Gasteiger partial charge < -0.3 is 10.2 Å². The third-order valence-electron chi connectivity index (χ3n) is 3.84. The van der Waals surface area contributed by atoms with Gasteiger partial charge in [-0.05, 0) is 31.5 Å². The molecule has 3 aromatic rings. The normalized spacial score (nSPS) is 10.5. The first kappa shape index (κ1) is 16.0. The summed E-state index contributed by atoms with van der Waals surface area (Å²) in [5.74, 6) is 1.52. The Hall–Kier alpha value is -2.88. The van der Waals surface area contributed by atoms with Crippen LogP contribution in [0.15, 0.2) is 60.7 Å². The Morgan fingerprint density at radius 3 is 2.46 bits per heavy atom. The van der Waals surface area contributed by atoms with Crippen molar-refractivity contribution >= 4 is 17.5 Å². The molecular formula is C20H22N4. The number of anilines is 3. The van der Waals surface area contributed by atoms with Gasteiger partial charge in [0.1, 0.15) is 5.82 Å². The van der Waals surface area contributed by atoms with Crippen LogP contribution in [0.25, 0.3) is 0 Å². The summed E-state index contributed by atoms with van der Waals surface area (Å²) >= 11 is 0. The van der Waals surface area contributed by atoms with E-state index in [1.807, 2.05) is 55.3 Å². The molecule has 0 unspecified atom stereocenters. The molecule has 0 aliphatic carbocycles. The third-order valence-corrected chi connectivity index (χ3v) is 3.84. The average Bonchev–Trinajstić information content (AvgIpc) is 2.60. The second kappa shape index (κ2) is 7.13. The maximum Gasteiger partial charge on any atom is 0.231 e. The summed E-state index contributed by atoms with van der Waals surface area (Å²) in [5, 5.41) is 3.40. The van der Waals surface area contributed by atoms with Crippen LogP contribution in [0.4, 0.5) is 17.5 Å². The van der Waals surface area contributed by atoms with E-state index in [-0.39, 0.29) is 0 Å². The number of aryl methyl sites for hydroxylation is 2. The van der Waals surface area contributed by atoms with Crippen LogP contribution >= 0.6 is 0 Å². The molecule has 122 valence electrons. The Balaban J connectivity index is 1.79. The second-order valence-electron chi connectivity index (χ2n) is 5.93. The Morgan fingerprint density at radius 1 is 0.917 bits per heavy atom. The molecule has 3 rings (SSSR count). The van der Waals surface area contributed by atoms with Crippen molar-refractivity contribution in [1.82, 2.24) is 9.97 Å². The summed E-state index contributed by atoms with van der Waals surface area (Å²) < 4.78 is 0. The van der Waals surface area contributed by atoms with Crippen molar-refractivity contribution in [3.05, 3.63) is 77.5 Å². The van der Waals surface area contributed by atoms with Crippen LogP contribution in [0, 0.1) is 13.8 Å². The van der Waals surface area contributed by atoms with Gasteiger partial charge in [0, 0.05) is 31.0 Å². The van der Waals surface area contributed by atoms with E-state index in [1.165, 1.54) is 11.1 Å². The van der Waals surface area contributed by atoms with Crippen LogP contribution in [0.3, 0.4) is 0 Å². The second-order valence-corrected chi connectivity index (χ2v) is 5.93. The molecule has 0 radical (unpaired) electrons. The van der Waals surface area contributed by atoms with E-state index < -0.39 is 0 Å². The molecule has 4 nitrogen and oxygen atoms in total. The highest BCUT2D eigenvalue weighted by atomic mass is 15.2. The number of para-hydroxylation sites is 1. The molecule has 0 bridgehead atoms. The van der Waals surface area contributed by atoms with Crippen molar-refractivity contribution in [3.8, 4) is 0 Å². The molecule has 0 amide bonds. The maximum absolute atomic E-state index is 4.65. The van der Waals surface area contributed by atoms with Gasteiger partial charge in [-0.2, -0.15) is 4.98 Å². The molecule has 0 aliphatic heterocycles. The SMILES string of the molecule is Cc1cccc(CNc2cc(C)nc(N(C)c3ccccc3)n2)c1. The molecule has 0 atom stereocenters. The van der Waals surface area contributed by atoms with E-state index in [1.54, 1.807) is 0 Å². The van der Waals surface area contributed by atoms with Gasteiger partial charge in [-0.15, -0.1) is 0 Å². The van der Waals surface area contributed by atoms with E-state index in [0.29, 0.717) is 5.95 Å². The predicted molar refractivity (Wildman–Crippen MR) is 99.8 cm³/mol. The van der Waals surface area contributed by atoms with Crippen LogP contribution < -0.4 is 10.2 Å². The van der Waals surface area contributed by atoms with Crippen molar-refractivity contribution in [3.63, 3.8) is 0 Å². The quantitative estimate of drug-likeness (QED) is 0.753. The number of nitrogens with zero attached hydrogens (tertiary/aromatic N) is 3. The summed E-state index contributed by atoms with van der Waals surface area (Å²) in [6.07, 6.45) is 0. The molecule has 2 aromatic carbocycles. The van der Waals surface area contributed by atoms with Crippen molar-refractivity contribution in [2.75, 3.05) is 17.3 Å². The van der Waals surface area contributed by atoms with E-state index >= 15 is 0 Å². The molecule has 0 spiro atoms. The summed E-state index contributed by atoms with van der Waals surface area (Å²) in [5.41, 5.74) is 4.50. The zero-order valence-electron chi connectivity index (χ0n) is 14.3. The lowest BCUT2D eigenvalue weighted by atomic mass is 10.1. The lowest BCUT2D eigenvalue weighted by molar-refractivity contribution is 0.998. The molecule has 1 N–H and O–H groups in total. The van der Waals surface area contributed by atoms with E-state index in [2.05, 4.69) is 46.5 Å². The summed E-state index contributed by atoms with van der Waals surface area (Å²) in [6.45, 7) is 4.83. The molecule has 1 heterocycles. The fourth-order valence-corrected chi connectivity index (χ4v) is 2.58.